The van der Waals surface area contributed by atoms with Gasteiger partial charge in [-0.15, -0.1) is 0 Å². The molecule has 0 N–H and O–H groups in total. The predicted octanol–water partition coefficient (Wildman–Crippen LogP) is 4.12. The quantitative estimate of drug-likeness (QED) is 0.554. The van der Waals surface area contributed by atoms with Crippen LogP contribution in [0.4, 0.5) is 0 Å². The molecule has 0 aliphatic carbocycles. The van der Waals surface area contributed by atoms with Gasteiger partial charge in [0.05, 0.1) is 12.6 Å². The molecule has 0 aromatic heterocycles. The summed E-state index contributed by atoms with van der Waals surface area (Å²) < 4.78 is 4.94. The zero-order valence-electron chi connectivity index (χ0n) is 15.6. The Bertz CT molecular complexity index is 754. The second-order valence-corrected chi connectivity index (χ2v) is 6.94. The van der Waals surface area contributed by atoms with Gasteiger partial charge in [0.25, 0.3) is 0 Å². The molecule has 0 bridgehead atoms. The first-order valence-corrected chi connectivity index (χ1v) is 9.68. The molecule has 1 fully saturated rings. The molecule has 3 rings (SSSR count). The Morgan fingerprint density at radius 1 is 1.04 bits per heavy atom. The minimum atomic E-state index is -0.289. The van der Waals surface area contributed by atoms with Crippen LogP contribution in [-0.2, 0) is 9.53 Å². The first-order valence-electron chi connectivity index (χ1n) is 9.31. The molecule has 5 heteroatoms. The minimum absolute atomic E-state index is 0.194. The number of benzene rings is 2. The van der Waals surface area contributed by atoms with Crippen LogP contribution < -0.4 is 0 Å². The molecular formula is C22H25ClN2O2. The molecule has 1 saturated heterocycles. The molecule has 0 amide bonds. The third kappa shape index (κ3) is 5.34. The second-order valence-electron chi connectivity index (χ2n) is 6.50. The fraction of sp³-hybridized carbons (Fsp3) is 0.318. The zero-order chi connectivity index (χ0) is 19.1. The van der Waals surface area contributed by atoms with Crippen LogP contribution in [0.25, 0.3) is 0 Å². The smallest absolute Gasteiger partial charge is 0.332 e. The van der Waals surface area contributed by atoms with Crippen molar-refractivity contribution in [3.8, 4) is 0 Å². The Balaban J connectivity index is 1.72. The largest absolute Gasteiger partial charge is 0.463 e. The molecule has 2 aromatic rings. The van der Waals surface area contributed by atoms with E-state index in [2.05, 4.69) is 46.2 Å². The molecule has 0 saturated carbocycles. The van der Waals surface area contributed by atoms with E-state index in [0.717, 1.165) is 31.2 Å². The lowest BCUT2D eigenvalue weighted by molar-refractivity contribution is -0.137. The average Bonchev–Trinajstić information content (AvgIpc) is 2.70. The van der Waals surface area contributed by atoms with Crippen molar-refractivity contribution in [1.82, 2.24) is 9.80 Å². The van der Waals surface area contributed by atoms with Gasteiger partial charge in [0.1, 0.15) is 0 Å². The summed E-state index contributed by atoms with van der Waals surface area (Å²) in [6.45, 7) is 5.77. The number of carbonyl (C=O) groups is 1. The maximum absolute atomic E-state index is 11.5. The maximum Gasteiger partial charge on any atom is 0.332 e. The molecule has 1 aliphatic heterocycles. The fourth-order valence-corrected chi connectivity index (χ4v) is 3.52. The average molecular weight is 385 g/mol. The van der Waals surface area contributed by atoms with Crippen molar-refractivity contribution >= 4 is 17.6 Å². The number of hydrogen-bond donors (Lipinski definition) is 0. The molecule has 27 heavy (non-hydrogen) atoms. The van der Waals surface area contributed by atoms with E-state index in [1.165, 1.54) is 17.2 Å². The van der Waals surface area contributed by atoms with E-state index in [1.807, 2.05) is 31.3 Å². The topological polar surface area (TPSA) is 32.8 Å². The highest BCUT2D eigenvalue weighted by molar-refractivity contribution is 6.30. The van der Waals surface area contributed by atoms with E-state index in [1.54, 1.807) is 0 Å². The third-order valence-corrected chi connectivity index (χ3v) is 4.98. The molecule has 1 aliphatic rings. The van der Waals surface area contributed by atoms with Crippen molar-refractivity contribution in [2.75, 3.05) is 32.8 Å². The van der Waals surface area contributed by atoms with Crippen LogP contribution in [0.3, 0.4) is 0 Å². The number of piperazine rings is 1. The summed E-state index contributed by atoms with van der Waals surface area (Å²) in [5, 5.41) is 0.750. The number of ether oxygens (including phenoxy) is 1. The summed E-state index contributed by atoms with van der Waals surface area (Å²) in [6, 6.07) is 18.8. The summed E-state index contributed by atoms with van der Waals surface area (Å²) in [6.07, 6.45) is 3.35. The SMILES string of the molecule is CCOC(=O)C=CN1CCN(C(c2ccccc2)c2ccc(Cl)cc2)CC1. The normalized spacial score (nSPS) is 16.4. The van der Waals surface area contributed by atoms with Gasteiger partial charge in [-0.3, -0.25) is 4.90 Å². The van der Waals surface area contributed by atoms with Crippen molar-refractivity contribution in [3.05, 3.63) is 83.0 Å². The van der Waals surface area contributed by atoms with E-state index in [-0.39, 0.29) is 12.0 Å². The molecule has 1 unspecified atom stereocenters. The van der Waals surface area contributed by atoms with Crippen molar-refractivity contribution in [2.45, 2.75) is 13.0 Å². The Morgan fingerprint density at radius 3 is 2.30 bits per heavy atom. The highest BCUT2D eigenvalue weighted by Crippen LogP contribution is 2.30. The van der Waals surface area contributed by atoms with Crippen LogP contribution in [0, 0.1) is 0 Å². The van der Waals surface area contributed by atoms with Crippen LogP contribution in [0.15, 0.2) is 66.9 Å². The van der Waals surface area contributed by atoms with Crippen LogP contribution >= 0.6 is 11.6 Å². The van der Waals surface area contributed by atoms with Crippen LogP contribution in [-0.4, -0.2) is 48.6 Å². The summed E-state index contributed by atoms with van der Waals surface area (Å²) in [5.74, 6) is -0.289. The van der Waals surface area contributed by atoms with Gasteiger partial charge in [0.15, 0.2) is 0 Å². The van der Waals surface area contributed by atoms with E-state index in [4.69, 9.17) is 16.3 Å². The highest BCUT2D eigenvalue weighted by Gasteiger charge is 2.25. The van der Waals surface area contributed by atoms with Crippen molar-refractivity contribution in [1.29, 1.82) is 0 Å². The molecule has 142 valence electrons. The first-order chi connectivity index (χ1) is 13.2. The minimum Gasteiger partial charge on any atom is -0.463 e. The van der Waals surface area contributed by atoms with Gasteiger partial charge in [-0.1, -0.05) is 54.1 Å². The Morgan fingerprint density at radius 2 is 1.67 bits per heavy atom. The summed E-state index contributed by atoms with van der Waals surface area (Å²) in [4.78, 5) is 16.1. The number of nitrogens with zero attached hydrogens (tertiary/aromatic N) is 2. The van der Waals surface area contributed by atoms with E-state index >= 15 is 0 Å². The number of hydrogen-bond acceptors (Lipinski definition) is 4. The number of rotatable bonds is 6. The van der Waals surface area contributed by atoms with Crippen LogP contribution in [0.2, 0.25) is 5.02 Å². The van der Waals surface area contributed by atoms with Crippen molar-refractivity contribution in [2.24, 2.45) is 0 Å². The van der Waals surface area contributed by atoms with Gasteiger partial charge >= 0.3 is 5.97 Å². The lowest BCUT2D eigenvalue weighted by Gasteiger charge is -2.39. The predicted molar refractivity (Wildman–Crippen MR) is 109 cm³/mol. The van der Waals surface area contributed by atoms with E-state index < -0.39 is 0 Å². The lowest BCUT2D eigenvalue weighted by Crippen LogP contribution is -2.45. The Labute approximate surface area is 166 Å². The molecular weight excluding hydrogens is 360 g/mol. The number of carbonyl (C=O) groups excluding carboxylic acids is 1. The van der Waals surface area contributed by atoms with Gasteiger partial charge < -0.3 is 9.64 Å². The molecule has 4 nitrogen and oxygen atoms in total. The van der Waals surface area contributed by atoms with E-state index in [0.29, 0.717) is 6.61 Å². The van der Waals surface area contributed by atoms with Gasteiger partial charge in [-0.05, 0) is 30.2 Å². The van der Waals surface area contributed by atoms with Crippen molar-refractivity contribution < 1.29 is 9.53 Å². The third-order valence-electron chi connectivity index (χ3n) is 4.72. The molecule has 1 atom stereocenters. The maximum atomic E-state index is 11.5. The standard InChI is InChI=1S/C22H25ClN2O2/c1-2-27-21(26)12-13-24-14-16-25(17-15-24)22(18-6-4-3-5-7-18)19-8-10-20(23)11-9-19/h3-13,22H,2,14-17H2,1H3. The van der Waals surface area contributed by atoms with Crippen LogP contribution in [0.5, 0.6) is 0 Å². The molecule has 2 aromatic carbocycles. The van der Waals surface area contributed by atoms with Gasteiger partial charge in [0, 0.05) is 43.5 Å². The lowest BCUT2D eigenvalue weighted by atomic mass is 9.96. The fourth-order valence-electron chi connectivity index (χ4n) is 3.40. The van der Waals surface area contributed by atoms with Gasteiger partial charge in [0.2, 0.25) is 0 Å². The van der Waals surface area contributed by atoms with Gasteiger partial charge in [-0.2, -0.15) is 0 Å². The number of esters is 1. The van der Waals surface area contributed by atoms with E-state index in [9.17, 15) is 4.79 Å². The molecule has 0 spiro atoms. The van der Waals surface area contributed by atoms with Crippen molar-refractivity contribution in [3.63, 3.8) is 0 Å². The van der Waals surface area contributed by atoms with Crippen LogP contribution in [0.1, 0.15) is 24.1 Å². The Kier molecular flexibility index (Phi) is 6.91. The second kappa shape index (κ2) is 9.58. The summed E-state index contributed by atoms with van der Waals surface area (Å²) >= 11 is 6.08. The Hall–Kier alpha value is -2.30. The molecule has 0 radical (unpaired) electrons. The monoisotopic (exact) mass is 384 g/mol. The first kappa shape index (κ1) is 19.5. The zero-order valence-corrected chi connectivity index (χ0v) is 16.3. The molecule has 1 heterocycles. The summed E-state index contributed by atoms with van der Waals surface area (Å²) in [7, 11) is 0. The highest BCUT2D eigenvalue weighted by atomic mass is 35.5. The van der Waals surface area contributed by atoms with Gasteiger partial charge in [-0.25, -0.2) is 4.79 Å². The number of halogens is 1. The summed E-state index contributed by atoms with van der Waals surface area (Å²) in [5.41, 5.74) is 2.51.